The Hall–Kier alpha value is -3.47. The van der Waals surface area contributed by atoms with E-state index in [0.29, 0.717) is 0 Å². The molecule has 3 unspecified atom stereocenters. The van der Waals surface area contributed by atoms with Crippen LogP contribution in [0, 0.1) is 0 Å². The van der Waals surface area contributed by atoms with Gasteiger partial charge in [0.25, 0.3) is 5.56 Å². The van der Waals surface area contributed by atoms with E-state index in [2.05, 4.69) is 15.3 Å². The molecular formula is C25H41N7O13. The summed E-state index contributed by atoms with van der Waals surface area (Å²) < 4.78 is 5.07. The van der Waals surface area contributed by atoms with E-state index < -0.39 is 66.6 Å². The van der Waals surface area contributed by atoms with Gasteiger partial charge in [-0.2, -0.15) is 4.98 Å². The summed E-state index contributed by atoms with van der Waals surface area (Å²) in [6, 6.07) is -1.39. The Morgan fingerprint density at radius 2 is 1.24 bits per heavy atom. The number of carboxylic acid groups (broad SMARTS) is 3. The van der Waals surface area contributed by atoms with E-state index >= 15 is 0 Å². The van der Waals surface area contributed by atoms with Gasteiger partial charge in [0.1, 0.15) is 24.4 Å². The zero-order valence-corrected chi connectivity index (χ0v) is 24.4. The molecule has 0 aliphatic carbocycles. The molecule has 20 heteroatoms. The van der Waals surface area contributed by atoms with Crippen LogP contribution in [0.4, 0.5) is 5.95 Å². The predicted octanol–water partition coefficient (Wildman–Crippen LogP) is -5.34. The number of nitrogens with one attached hydrogen (secondary N) is 2. The zero-order valence-electron chi connectivity index (χ0n) is 24.4. The summed E-state index contributed by atoms with van der Waals surface area (Å²) in [5.74, 6) is -4.32. The number of hydrogen-bond donors (Lipinski definition) is 10. The first-order valence-corrected chi connectivity index (χ1v) is 14.2. The van der Waals surface area contributed by atoms with Gasteiger partial charge in [0.15, 0.2) is 6.29 Å². The minimum absolute atomic E-state index is 0.170. The van der Waals surface area contributed by atoms with Gasteiger partial charge in [-0.1, -0.05) is 0 Å². The lowest BCUT2D eigenvalue weighted by atomic mass is 9.97. The number of ether oxygens (including phenoxy) is 1. The Kier molecular flexibility index (Phi) is 13.4. The van der Waals surface area contributed by atoms with Crippen LogP contribution in [0.25, 0.3) is 0 Å². The molecule has 2 saturated heterocycles. The monoisotopic (exact) mass is 647 g/mol. The standard InChI is InChI=1S/C25H41N7O13/c33-13-15-20(40)21(41)19(24(44)45-15)26-25-27-22(42)14(23(43)28-25)9-29-1-3-30(10-16(34)35)5-7-32(12-18(38)39)8-6-31(4-2-29)11-17(36)37/h15,19-21,24,33,40-41,44H,1-13H2,(H,34,35)(H,36,37)(H,38,39)(H3,26,27,28,42,43)/t15?,19?,20-,21?,24-/m1/s1. The first-order chi connectivity index (χ1) is 21.3. The van der Waals surface area contributed by atoms with E-state index in [-0.39, 0.29) is 90.0 Å². The fourth-order valence-corrected chi connectivity index (χ4v) is 5.12. The van der Waals surface area contributed by atoms with Crippen molar-refractivity contribution in [2.45, 2.75) is 37.2 Å². The lowest BCUT2D eigenvalue weighted by Crippen LogP contribution is -2.61. The van der Waals surface area contributed by atoms with Crippen molar-refractivity contribution in [1.82, 2.24) is 29.6 Å². The quantitative estimate of drug-likeness (QED) is 0.107. The summed E-state index contributed by atoms with van der Waals surface area (Å²) in [5.41, 5.74) is -0.962. The molecule has 0 aromatic carbocycles. The zero-order chi connectivity index (χ0) is 33.3. The van der Waals surface area contributed by atoms with Crippen LogP contribution in [-0.2, 0) is 25.7 Å². The van der Waals surface area contributed by atoms with Crippen molar-refractivity contribution >= 4 is 23.9 Å². The third-order valence-electron chi connectivity index (χ3n) is 7.59. The molecule has 0 radical (unpaired) electrons. The van der Waals surface area contributed by atoms with Crippen LogP contribution < -0.4 is 10.9 Å². The second kappa shape index (κ2) is 16.7. The highest BCUT2D eigenvalue weighted by Crippen LogP contribution is 2.23. The second-order valence-corrected chi connectivity index (χ2v) is 10.9. The normalized spacial score (nSPS) is 26.9. The topological polar surface area (TPSA) is 293 Å². The van der Waals surface area contributed by atoms with Gasteiger partial charge in [0, 0.05) is 58.9 Å². The predicted molar refractivity (Wildman–Crippen MR) is 151 cm³/mol. The second-order valence-electron chi connectivity index (χ2n) is 10.9. The van der Waals surface area contributed by atoms with Crippen molar-refractivity contribution < 1.29 is 60.0 Å². The lowest BCUT2D eigenvalue weighted by molar-refractivity contribution is -0.245. The highest BCUT2D eigenvalue weighted by atomic mass is 16.6. The van der Waals surface area contributed by atoms with Crippen LogP contribution >= 0.6 is 0 Å². The number of nitrogens with zero attached hydrogens (tertiary/aromatic N) is 5. The SMILES string of the molecule is O=C(O)CN1CCN(CC(=O)O)CCN(Cc2c(O)nc(NC3C(O)[C@H](O)C(CO)O[C@H]3O)[nH]c2=O)CCN(CC(=O)O)CC1. The molecule has 0 saturated carbocycles. The highest BCUT2D eigenvalue weighted by molar-refractivity contribution is 5.69. The highest BCUT2D eigenvalue weighted by Gasteiger charge is 2.44. The van der Waals surface area contributed by atoms with E-state index in [1.165, 1.54) is 0 Å². The van der Waals surface area contributed by atoms with Gasteiger partial charge in [-0.25, -0.2) is 0 Å². The summed E-state index contributed by atoms with van der Waals surface area (Å²) in [7, 11) is 0. The average molecular weight is 648 g/mol. The van der Waals surface area contributed by atoms with Crippen molar-refractivity contribution in [2.24, 2.45) is 0 Å². The molecule has 1 aromatic heterocycles. The Bertz CT molecular complexity index is 1190. The molecule has 0 spiro atoms. The largest absolute Gasteiger partial charge is 0.493 e. The van der Waals surface area contributed by atoms with Crippen LogP contribution in [0.1, 0.15) is 5.56 Å². The van der Waals surface area contributed by atoms with Gasteiger partial charge in [0.05, 0.1) is 31.8 Å². The minimum atomic E-state index is -1.71. The van der Waals surface area contributed by atoms with E-state index in [4.69, 9.17) is 4.74 Å². The third kappa shape index (κ3) is 10.8. The van der Waals surface area contributed by atoms with Gasteiger partial charge in [-0.3, -0.25) is 43.8 Å². The van der Waals surface area contributed by atoms with Crippen molar-refractivity contribution in [2.75, 3.05) is 83.9 Å². The molecule has 0 bridgehead atoms. The van der Waals surface area contributed by atoms with Crippen molar-refractivity contribution in [1.29, 1.82) is 0 Å². The number of aliphatic hydroxyl groups excluding tert-OH is 4. The summed E-state index contributed by atoms with van der Waals surface area (Å²) in [4.78, 5) is 60.2. The summed E-state index contributed by atoms with van der Waals surface area (Å²) in [6.07, 6.45) is -6.18. The molecule has 1 aromatic rings. The molecule has 5 atom stereocenters. The Balaban J connectivity index is 1.79. The molecule has 10 N–H and O–H groups in total. The number of aliphatic hydroxyl groups is 4. The molecule has 3 rings (SSSR count). The van der Waals surface area contributed by atoms with Gasteiger partial charge < -0.3 is 50.9 Å². The van der Waals surface area contributed by atoms with E-state index in [1.54, 1.807) is 19.6 Å². The fourth-order valence-electron chi connectivity index (χ4n) is 5.12. The minimum Gasteiger partial charge on any atom is -0.493 e. The number of H-pyrrole nitrogens is 1. The van der Waals surface area contributed by atoms with Crippen LogP contribution in [0.2, 0.25) is 0 Å². The number of rotatable bonds is 11. The Morgan fingerprint density at radius 3 is 1.64 bits per heavy atom. The maximum absolute atomic E-state index is 13.0. The number of hydrogen-bond acceptors (Lipinski definition) is 16. The first-order valence-electron chi connectivity index (χ1n) is 14.2. The van der Waals surface area contributed by atoms with E-state index in [0.717, 1.165) is 0 Å². The van der Waals surface area contributed by atoms with E-state index in [9.17, 15) is 60.0 Å². The average Bonchev–Trinajstić information content (AvgIpc) is 2.95. The number of aromatic nitrogens is 2. The third-order valence-corrected chi connectivity index (χ3v) is 7.59. The molecule has 3 heterocycles. The van der Waals surface area contributed by atoms with Crippen molar-refractivity contribution in [3.8, 4) is 5.88 Å². The van der Waals surface area contributed by atoms with Crippen LogP contribution in [0.15, 0.2) is 4.79 Å². The number of carbonyl (C=O) groups is 3. The van der Waals surface area contributed by atoms with Crippen LogP contribution in [-0.4, -0.2) is 198 Å². The number of aliphatic carboxylic acids is 3. The summed E-state index contributed by atoms with van der Waals surface area (Å²) in [5, 5.41) is 81.1. The lowest BCUT2D eigenvalue weighted by Gasteiger charge is -2.40. The first kappa shape index (κ1) is 36.0. The van der Waals surface area contributed by atoms with E-state index in [1.807, 2.05) is 0 Å². The van der Waals surface area contributed by atoms with Gasteiger partial charge >= 0.3 is 17.9 Å². The molecule has 2 fully saturated rings. The van der Waals surface area contributed by atoms with Crippen LogP contribution in [0.3, 0.4) is 0 Å². The van der Waals surface area contributed by atoms with Gasteiger partial charge in [0.2, 0.25) is 11.8 Å². The molecule has 2 aliphatic rings. The molecule has 254 valence electrons. The fraction of sp³-hybridized carbons (Fsp3) is 0.720. The maximum Gasteiger partial charge on any atom is 0.317 e. The maximum atomic E-state index is 13.0. The number of carboxylic acids is 3. The number of aromatic hydroxyl groups is 1. The molecule has 0 amide bonds. The summed E-state index contributed by atoms with van der Waals surface area (Å²) in [6.45, 7) is -0.214. The Labute approximate surface area is 256 Å². The van der Waals surface area contributed by atoms with Crippen LogP contribution in [0.5, 0.6) is 5.88 Å². The molecule has 20 nitrogen and oxygen atoms in total. The number of anilines is 1. The summed E-state index contributed by atoms with van der Waals surface area (Å²) >= 11 is 0. The van der Waals surface area contributed by atoms with Gasteiger partial charge in [-0.05, 0) is 0 Å². The van der Waals surface area contributed by atoms with Gasteiger partial charge in [-0.15, -0.1) is 0 Å². The molecular weight excluding hydrogens is 606 g/mol. The Morgan fingerprint density at radius 1 is 0.800 bits per heavy atom. The van der Waals surface area contributed by atoms with Crippen molar-refractivity contribution in [3.05, 3.63) is 15.9 Å². The number of aromatic amines is 1. The smallest absolute Gasteiger partial charge is 0.317 e. The molecule has 2 aliphatic heterocycles. The van der Waals surface area contributed by atoms with Crippen molar-refractivity contribution in [3.63, 3.8) is 0 Å². The molecule has 45 heavy (non-hydrogen) atoms.